The van der Waals surface area contributed by atoms with Gasteiger partial charge < -0.3 is 14.5 Å². The van der Waals surface area contributed by atoms with Gasteiger partial charge in [0.2, 0.25) is 11.0 Å². The van der Waals surface area contributed by atoms with E-state index in [1.165, 1.54) is 4.88 Å². The summed E-state index contributed by atoms with van der Waals surface area (Å²) in [6, 6.07) is 4.39. The van der Waals surface area contributed by atoms with Crippen molar-refractivity contribution in [3.05, 3.63) is 46.2 Å². The summed E-state index contributed by atoms with van der Waals surface area (Å²) in [5.41, 5.74) is 3.41. The zero-order chi connectivity index (χ0) is 25.3. The molecular formula is C25H30N4O5S2. The molecule has 0 fully saturated rings. The number of ether oxygens (including phenoxy) is 1. The Balaban J connectivity index is 1.37. The van der Waals surface area contributed by atoms with Crippen LogP contribution in [-0.4, -0.2) is 44.5 Å². The van der Waals surface area contributed by atoms with Crippen LogP contribution < -0.4 is 14.8 Å². The Kier molecular flexibility index (Phi) is 7.05. The van der Waals surface area contributed by atoms with Gasteiger partial charge in [0.25, 0.3) is 10.0 Å². The molecule has 1 aliphatic heterocycles. The van der Waals surface area contributed by atoms with Gasteiger partial charge in [-0.3, -0.25) is 4.90 Å². The van der Waals surface area contributed by atoms with Gasteiger partial charge in [0.15, 0.2) is 0 Å². The predicted molar refractivity (Wildman–Crippen MR) is 138 cm³/mol. The number of thiophene rings is 1. The van der Waals surface area contributed by atoms with Crippen molar-refractivity contribution in [1.29, 1.82) is 0 Å². The van der Waals surface area contributed by atoms with E-state index in [-0.39, 0.29) is 5.09 Å². The van der Waals surface area contributed by atoms with Crippen LogP contribution in [0.3, 0.4) is 0 Å². The number of anilines is 1. The summed E-state index contributed by atoms with van der Waals surface area (Å²) < 4.78 is 39.2. The van der Waals surface area contributed by atoms with Crippen LogP contribution in [0.25, 0.3) is 10.4 Å². The number of nitrogens with zero attached hydrogens (tertiary/aromatic N) is 2. The van der Waals surface area contributed by atoms with Gasteiger partial charge in [-0.25, -0.2) is 14.5 Å². The minimum Gasteiger partial charge on any atom is -0.481 e. The predicted octanol–water partition coefficient (Wildman–Crippen LogP) is 4.57. The largest absolute Gasteiger partial charge is 0.481 e. The Hall–Kier alpha value is -2.89. The number of carbonyl (C=O) groups excluding carboxylic acids is 1. The molecule has 0 unspecified atom stereocenters. The lowest BCUT2D eigenvalue weighted by Gasteiger charge is -2.18. The lowest BCUT2D eigenvalue weighted by molar-refractivity contribution is 0.256. The van der Waals surface area contributed by atoms with Gasteiger partial charge in [0, 0.05) is 47.3 Å². The average molecular weight is 531 g/mol. The molecule has 3 aromatic rings. The van der Waals surface area contributed by atoms with Crippen LogP contribution in [0.15, 0.2) is 33.9 Å². The van der Waals surface area contributed by atoms with Crippen LogP contribution in [0.2, 0.25) is 0 Å². The van der Waals surface area contributed by atoms with Gasteiger partial charge in [-0.05, 0) is 56.8 Å². The van der Waals surface area contributed by atoms with Crippen molar-refractivity contribution in [3.8, 4) is 16.3 Å². The Labute approximate surface area is 214 Å². The van der Waals surface area contributed by atoms with Gasteiger partial charge in [-0.1, -0.05) is 6.92 Å². The number of sulfonamides is 1. The Morgan fingerprint density at radius 2 is 2.11 bits per heavy atom. The molecule has 3 aromatic heterocycles. The van der Waals surface area contributed by atoms with Crippen LogP contribution in [0, 0.1) is 0 Å². The summed E-state index contributed by atoms with van der Waals surface area (Å²) >= 11 is 1.60. The molecule has 5 rings (SSSR count). The third kappa shape index (κ3) is 5.00. The molecule has 2 amide bonds. The van der Waals surface area contributed by atoms with Crippen LogP contribution in [0.5, 0.6) is 5.88 Å². The number of aromatic nitrogens is 1. The summed E-state index contributed by atoms with van der Waals surface area (Å²) in [7, 11) is -2.63. The van der Waals surface area contributed by atoms with Gasteiger partial charge >= 0.3 is 6.03 Å². The summed E-state index contributed by atoms with van der Waals surface area (Å²) in [5.74, 6) is 1.15. The number of fused-ring (bicyclic) bond motifs is 2. The van der Waals surface area contributed by atoms with Gasteiger partial charge in [0.1, 0.15) is 5.76 Å². The molecule has 36 heavy (non-hydrogen) atoms. The topological polar surface area (TPSA) is 114 Å². The molecule has 0 aromatic carbocycles. The van der Waals surface area contributed by atoms with Crippen molar-refractivity contribution in [2.45, 2.75) is 57.1 Å². The van der Waals surface area contributed by atoms with E-state index in [0.717, 1.165) is 66.8 Å². The van der Waals surface area contributed by atoms with Gasteiger partial charge in [-0.2, -0.15) is 8.42 Å². The number of amides is 2. The quantitative estimate of drug-likeness (QED) is 0.460. The number of nitrogens with one attached hydrogen (secondary N) is 2. The van der Waals surface area contributed by atoms with Crippen LogP contribution >= 0.6 is 11.3 Å². The third-order valence-corrected chi connectivity index (χ3v) is 9.07. The van der Waals surface area contributed by atoms with E-state index in [2.05, 4.69) is 26.8 Å². The normalized spacial score (nSPS) is 15.7. The first-order valence-corrected chi connectivity index (χ1v) is 14.5. The number of pyridine rings is 1. The lowest BCUT2D eigenvalue weighted by Crippen LogP contribution is -2.34. The second kappa shape index (κ2) is 10.2. The molecule has 0 radical (unpaired) electrons. The standard InChI is InChI=1S/C25H30N4O5S2/c1-3-11-29-12-5-7-19-17(15-29)14-22(34-19)36(31,32)28-25(30)27-23-18-6-4-8-20(18)35-24(23)16-9-10-26-21(13-16)33-2/h9-10,13-14H,3-8,11-12,15H2,1-2H3,(H2,27,28,30). The van der Waals surface area contributed by atoms with Crippen LogP contribution in [0.4, 0.5) is 10.5 Å². The monoisotopic (exact) mass is 530 g/mol. The molecule has 2 N–H and O–H groups in total. The maximum absolute atomic E-state index is 13.1. The highest BCUT2D eigenvalue weighted by molar-refractivity contribution is 7.89. The molecule has 11 heteroatoms. The summed E-state index contributed by atoms with van der Waals surface area (Å²) in [4.78, 5) is 21.5. The Bertz CT molecular complexity index is 1380. The van der Waals surface area contributed by atoms with E-state index < -0.39 is 16.1 Å². The molecule has 1 aliphatic carbocycles. The average Bonchev–Trinajstić information content (AvgIpc) is 3.53. The van der Waals surface area contributed by atoms with E-state index in [1.807, 2.05) is 6.07 Å². The minimum absolute atomic E-state index is 0.226. The van der Waals surface area contributed by atoms with Crippen molar-refractivity contribution < 1.29 is 22.4 Å². The van der Waals surface area contributed by atoms with E-state index in [9.17, 15) is 13.2 Å². The molecule has 0 bridgehead atoms. The maximum Gasteiger partial charge on any atom is 0.333 e. The number of methoxy groups -OCH3 is 1. The van der Waals surface area contributed by atoms with Gasteiger partial charge in [-0.15, -0.1) is 11.3 Å². The lowest BCUT2D eigenvalue weighted by atomic mass is 10.1. The number of aryl methyl sites for hydroxylation is 2. The van der Waals surface area contributed by atoms with E-state index >= 15 is 0 Å². The fraction of sp³-hybridized carbons (Fsp3) is 0.440. The number of furan rings is 1. The zero-order valence-electron chi connectivity index (χ0n) is 20.4. The highest BCUT2D eigenvalue weighted by Crippen LogP contribution is 2.45. The SMILES string of the molecule is CCCN1CCCc2oc(S(=O)(=O)NC(=O)Nc3c(-c4ccnc(OC)c4)sc4c3CCC4)cc2C1. The highest BCUT2D eigenvalue weighted by Gasteiger charge is 2.29. The number of rotatable bonds is 7. The Morgan fingerprint density at radius 1 is 1.25 bits per heavy atom. The number of hydrogen-bond donors (Lipinski definition) is 2. The summed E-state index contributed by atoms with van der Waals surface area (Å²) in [6.07, 6.45) is 7.02. The molecule has 2 aliphatic rings. The molecule has 9 nitrogen and oxygen atoms in total. The van der Waals surface area contributed by atoms with Gasteiger partial charge in [0.05, 0.1) is 17.7 Å². The smallest absolute Gasteiger partial charge is 0.333 e. The third-order valence-electron chi connectivity index (χ3n) is 6.54. The second-order valence-electron chi connectivity index (χ2n) is 9.10. The van der Waals surface area contributed by atoms with E-state index in [4.69, 9.17) is 9.15 Å². The van der Waals surface area contributed by atoms with Crippen LogP contribution in [-0.2, 0) is 35.8 Å². The van der Waals surface area contributed by atoms with E-state index in [0.29, 0.717) is 30.3 Å². The number of hydrogen-bond acceptors (Lipinski definition) is 8. The first-order chi connectivity index (χ1) is 17.4. The van der Waals surface area contributed by atoms with Crippen molar-refractivity contribution in [3.63, 3.8) is 0 Å². The van der Waals surface area contributed by atoms with Crippen molar-refractivity contribution in [2.75, 3.05) is 25.5 Å². The Morgan fingerprint density at radius 3 is 2.92 bits per heavy atom. The van der Waals surface area contributed by atoms with Crippen LogP contribution in [0.1, 0.15) is 48.0 Å². The second-order valence-corrected chi connectivity index (χ2v) is 11.8. The molecule has 0 spiro atoms. The summed E-state index contributed by atoms with van der Waals surface area (Å²) in [5, 5.41) is 2.59. The molecule has 0 atom stereocenters. The first-order valence-electron chi connectivity index (χ1n) is 12.2. The first kappa shape index (κ1) is 24.8. The highest BCUT2D eigenvalue weighted by atomic mass is 32.2. The molecule has 4 heterocycles. The van der Waals surface area contributed by atoms with Crippen molar-refractivity contribution in [1.82, 2.24) is 14.6 Å². The number of carbonyl (C=O) groups is 1. The fourth-order valence-electron chi connectivity index (χ4n) is 4.92. The molecule has 0 saturated carbocycles. The fourth-order valence-corrected chi connectivity index (χ4v) is 7.17. The molecular weight excluding hydrogens is 500 g/mol. The maximum atomic E-state index is 13.1. The van der Waals surface area contributed by atoms with E-state index in [1.54, 1.807) is 36.8 Å². The summed E-state index contributed by atoms with van der Waals surface area (Å²) in [6.45, 7) is 4.68. The molecule has 0 saturated heterocycles. The zero-order valence-corrected chi connectivity index (χ0v) is 22.1. The molecule has 192 valence electrons. The van der Waals surface area contributed by atoms with Crippen molar-refractivity contribution >= 4 is 33.1 Å². The number of urea groups is 1. The van der Waals surface area contributed by atoms with Crippen molar-refractivity contribution in [2.24, 2.45) is 0 Å². The minimum atomic E-state index is -4.17.